The molecule has 2 heterocycles. The van der Waals surface area contributed by atoms with Crippen molar-refractivity contribution in [2.45, 2.75) is 19.8 Å². The fourth-order valence-corrected chi connectivity index (χ4v) is 2.11. The standard InChI is InChI=1S/C10H12BrN5O2/c1-3-4-8-9(16(17)18)10(14(2)13-8)15-6-7(11)5-12-15/h5-6H,3-4H2,1-2H3. The van der Waals surface area contributed by atoms with Gasteiger partial charge in [-0.25, -0.2) is 9.36 Å². The summed E-state index contributed by atoms with van der Waals surface area (Å²) in [6.07, 6.45) is 4.63. The van der Waals surface area contributed by atoms with E-state index in [4.69, 9.17) is 0 Å². The number of nitrogens with zero attached hydrogens (tertiary/aromatic N) is 5. The minimum absolute atomic E-state index is 0.0231. The maximum atomic E-state index is 11.2. The predicted molar refractivity (Wildman–Crippen MR) is 68.7 cm³/mol. The molecule has 96 valence electrons. The van der Waals surface area contributed by atoms with Gasteiger partial charge in [-0.1, -0.05) is 13.3 Å². The van der Waals surface area contributed by atoms with Crippen molar-refractivity contribution in [2.24, 2.45) is 7.05 Å². The molecule has 0 aliphatic rings. The van der Waals surface area contributed by atoms with Crippen LogP contribution in [0.25, 0.3) is 5.82 Å². The van der Waals surface area contributed by atoms with Gasteiger partial charge in [-0.15, -0.1) is 0 Å². The predicted octanol–water partition coefficient (Wildman–Crippen LogP) is 2.23. The molecule has 2 rings (SSSR count). The number of aryl methyl sites for hydroxylation is 2. The van der Waals surface area contributed by atoms with Crippen molar-refractivity contribution in [1.29, 1.82) is 0 Å². The smallest absolute Gasteiger partial charge is 0.258 e. The van der Waals surface area contributed by atoms with Crippen molar-refractivity contribution >= 4 is 21.6 Å². The van der Waals surface area contributed by atoms with E-state index in [-0.39, 0.29) is 5.69 Å². The lowest BCUT2D eigenvalue weighted by atomic mass is 10.2. The number of hydrogen-bond acceptors (Lipinski definition) is 4. The summed E-state index contributed by atoms with van der Waals surface area (Å²) < 4.78 is 3.70. The molecule has 0 spiro atoms. The molecule has 2 aromatic rings. The Morgan fingerprint density at radius 1 is 1.56 bits per heavy atom. The van der Waals surface area contributed by atoms with E-state index in [1.807, 2.05) is 6.92 Å². The van der Waals surface area contributed by atoms with Gasteiger partial charge in [0.15, 0.2) is 0 Å². The van der Waals surface area contributed by atoms with E-state index in [1.165, 1.54) is 9.36 Å². The van der Waals surface area contributed by atoms with Crippen LogP contribution in [0.2, 0.25) is 0 Å². The van der Waals surface area contributed by atoms with E-state index in [2.05, 4.69) is 26.1 Å². The summed E-state index contributed by atoms with van der Waals surface area (Å²) in [7, 11) is 1.68. The summed E-state index contributed by atoms with van der Waals surface area (Å²) in [6, 6.07) is 0. The van der Waals surface area contributed by atoms with Crippen molar-refractivity contribution in [2.75, 3.05) is 0 Å². The number of halogens is 1. The molecule has 0 radical (unpaired) electrons. The van der Waals surface area contributed by atoms with Gasteiger partial charge in [0.1, 0.15) is 5.69 Å². The lowest BCUT2D eigenvalue weighted by molar-refractivity contribution is -0.385. The second-order valence-electron chi connectivity index (χ2n) is 3.85. The van der Waals surface area contributed by atoms with Crippen LogP contribution >= 0.6 is 15.9 Å². The number of hydrogen-bond donors (Lipinski definition) is 0. The zero-order valence-corrected chi connectivity index (χ0v) is 11.6. The highest BCUT2D eigenvalue weighted by Gasteiger charge is 2.27. The van der Waals surface area contributed by atoms with Crippen LogP contribution in [0, 0.1) is 10.1 Å². The number of nitro groups is 1. The molecule has 0 amide bonds. The molecule has 0 aliphatic carbocycles. The Hall–Kier alpha value is -1.70. The summed E-state index contributed by atoms with van der Waals surface area (Å²) >= 11 is 3.27. The fourth-order valence-electron chi connectivity index (χ4n) is 1.82. The molecule has 0 saturated carbocycles. The Morgan fingerprint density at radius 3 is 2.78 bits per heavy atom. The molecule has 0 unspecified atom stereocenters. The van der Waals surface area contributed by atoms with Crippen LogP contribution in [-0.4, -0.2) is 24.5 Å². The lowest BCUT2D eigenvalue weighted by Gasteiger charge is -2.00. The molecule has 0 fully saturated rings. The maximum Gasteiger partial charge on any atom is 0.336 e. The third-order valence-corrected chi connectivity index (χ3v) is 2.91. The third kappa shape index (κ3) is 2.15. The Labute approximate surface area is 112 Å². The van der Waals surface area contributed by atoms with Crippen molar-refractivity contribution in [3.8, 4) is 5.82 Å². The van der Waals surface area contributed by atoms with Crippen LogP contribution in [0.1, 0.15) is 19.0 Å². The number of rotatable bonds is 4. The highest BCUT2D eigenvalue weighted by atomic mass is 79.9. The first-order chi connectivity index (χ1) is 8.54. The van der Waals surface area contributed by atoms with Gasteiger partial charge in [0.2, 0.25) is 5.82 Å². The quantitative estimate of drug-likeness (QED) is 0.640. The molecule has 18 heavy (non-hydrogen) atoms. The zero-order valence-electron chi connectivity index (χ0n) is 10.00. The summed E-state index contributed by atoms with van der Waals surface area (Å²) in [6.45, 7) is 1.96. The summed E-state index contributed by atoms with van der Waals surface area (Å²) in [5, 5.41) is 19.5. The average Bonchev–Trinajstić information content (AvgIpc) is 2.83. The summed E-state index contributed by atoms with van der Waals surface area (Å²) in [5.41, 5.74) is 0.515. The van der Waals surface area contributed by atoms with Crippen LogP contribution in [0.3, 0.4) is 0 Å². The molecular weight excluding hydrogens is 302 g/mol. The van der Waals surface area contributed by atoms with Gasteiger partial charge >= 0.3 is 5.69 Å². The Kier molecular flexibility index (Phi) is 3.46. The summed E-state index contributed by atoms with van der Waals surface area (Å²) in [5.74, 6) is 0.370. The van der Waals surface area contributed by atoms with Gasteiger partial charge in [0.05, 0.1) is 15.6 Å². The molecule has 2 aromatic heterocycles. The minimum atomic E-state index is -0.400. The second-order valence-corrected chi connectivity index (χ2v) is 4.77. The monoisotopic (exact) mass is 313 g/mol. The normalized spacial score (nSPS) is 10.8. The molecule has 0 bridgehead atoms. The first-order valence-corrected chi connectivity index (χ1v) is 6.24. The second kappa shape index (κ2) is 4.89. The molecule has 0 atom stereocenters. The Morgan fingerprint density at radius 2 is 2.28 bits per heavy atom. The molecule has 7 nitrogen and oxygen atoms in total. The molecule has 0 aliphatic heterocycles. The van der Waals surface area contributed by atoms with Gasteiger partial charge in [0.25, 0.3) is 0 Å². The van der Waals surface area contributed by atoms with Crippen LogP contribution in [0.15, 0.2) is 16.9 Å². The van der Waals surface area contributed by atoms with E-state index in [1.54, 1.807) is 19.4 Å². The van der Waals surface area contributed by atoms with Crippen LogP contribution < -0.4 is 0 Å². The van der Waals surface area contributed by atoms with E-state index in [0.717, 1.165) is 10.9 Å². The van der Waals surface area contributed by atoms with Crippen molar-refractivity contribution in [1.82, 2.24) is 19.6 Å². The largest absolute Gasteiger partial charge is 0.336 e. The highest BCUT2D eigenvalue weighted by molar-refractivity contribution is 9.10. The number of aromatic nitrogens is 4. The fraction of sp³-hybridized carbons (Fsp3) is 0.400. The summed E-state index contributed by atoms with van der Waals surface area (Å²) in [4.78, 5) is 10.8. The van der Waals surface area contributed by atoms with Crippen molar-refractivity contribution < 1.29 is 4.92 Å². The first kappa shape index (κ1) is 12.7. The SMILES string of the molecule is CCCc1nn(C)c(-n2cc(Br)cn2)c1[N+](=O)[O-]. The van der Waals surface area contributed by atoms with Gasteiger partial charge < -0.3 is 0 Å². The molecule has 0 N–H and O–H groups in total. The highest BCUT2D eigenvalue weighted by Crippen LogP contribution is 2.27. The third-order valence-electron chi connectivity index (χ3n) is 2.50. The minimum Gasteiger partial charge on any atom is -0.258 e. The topological polar surface area (TPSA) is 78.8 Å². The van der Waals surface area contributed by atoms with E-state index in [9.17, 15) is 10.1 Å². The first-order valence-electron chi connectivity index (χ1n) is 5.45. The Balaban J connectivity index is 2.62. The molecule has 0 aromatic carbocycles. The van der Waals surface area contributed by atoms with Crippen LogP contribution in [0.5, 0.6) is 0 Å². The van der Waals surface area contributed by atoms with Crippen LogP contribution in [-0.2, 0) is 13.5 Å². The van der Waals surface area contributed by atoms with Crippen molar-refractivity contribution in [3.63, 3.8) is 0 Å². The molecular formula is C10H12BrN5O2. The van der Waals surface area contributed by atoms with Gasteiger partial charge in [-0.05, 0) is 22.4 Å². The lowest BCUT2D eigenvalue weighted by Crippen LogP contribution is -2.05. The van der Waals surface area contributed by atoms with E-state index >= 15 is 0 Å². The van der Waals surface area contributed by atoms with Gasteiger partial charge in [0, 0.05) is 13.2 Å². The van der Waals surface area contributed by atoms with E-state index < -0.39 is 4.92 Å². The average molecular weight is 314 g/mol. The molecule has 8 heteroatoms. The van der Waals surface area contributed by atoms with Crippen LogP contribution in [0.4, 0.5) is 5.69 Å². The zero-order chi connectivity index (χ0) is 13.3. The maximum absolute atomic E-state index is 11.2. The van der Waals surface area contributed by atoms with E-state index in [0.29, 0.717) is 17.9 Å². The molecule has 0 saturated heterocycles. The Bertz CT molecular complexity index is 589. The van der Waals surface area contributed by atoms with Crippen molar-refractivity contribution in [3.05, 3.63) is 32.7 Å². The van der Waals surface area contributed by atoms with Gasteiger partial charge in [-0.3, -0.25) is 10.1 Å². The van der Waals surface area contributed by atoms with Gasteiger partial charge in [-0.2, -0.15) is 10.2 Å².